The molecule has 21 heavy (non-hydrogen) atoms. The number of nitrogens with two attached hydrogens (primary N) is 1. The second-order valence-corrected chi connectivity index (χ2v) is 4.22. The van der Waals surface area contributed by atoms with Gasteiger partial charge in [-0.2, -0.15) is 0 Å². The van der Waals surface area contributed by atoms with Crippen LogP contribution in [0.2, 0.25) is 0 Å². The van der Waals surface area contributed by atoms with Crippen molar-refractivity contribution in [3.05, 3.63) is 17.7 Å². The molecule has 7 nitrogen and oxygen atoms in total. The number of rotatable bonds is 7. The molecule has 0 aromatic heterocycles. The first kappa shape index (κ1) is 17.1. The standard InChI is InChI=1S/C14H21NO6/c1-8(17-3)20-12-6-10(14(16)19-5)11(15)7-13(12)21-9(2)18-4/h6-9H,15H2,1-5H3. The third kappa shape index (κ3) is 4.51. The molecule has 1 aromatic rings. The average molecular weight is 299 g/mol. The van der Waals surface area contributed by atoms with Crippen molar-refractivity contribution in [1.29, 1.82) is 0 Å². The fourth-order valence-electron chi connectivity index (χ4n) is 1.50. The van der Waals surface area contributed by atoms with Gasteiger partial charge in [0, 0.05) is 26.4 Å². The quantitative estimate of drug-likeness (QED) is 0.466. The van der Waals surface area contributed by atoms with Crippen molar-refractivity contribution in [3.8, 4) is 11.5 Å². The molecule has 2 unspecified atom stereocenters. The number of nitrogen functional groups attached to an aromatic ring is 1. The van der Waals surface area contributed by atoms with E-state index in [0.717, 1.165) is 0 Å². The van der Waals surface area contributed by atoms with E-state index in [1.807, 2.05) is 0 Å². The van der Waals surface area contributed by atoms with Crippen LogP contribution >= 0.6 is 0 Å². The predicted octanol–water partition coefficient (Wildman–Crippen LogP) is 1.80. The molecule has 0 heterocycles. The van der Waals surface area contributed by atoms with Crippen LogP contribution in [0.5, 0.6) is 11.5 Å². The van der Waals surface area contributed by atoms with E-state index in [2.05, 4.69) is 4.74 Å². The van der Waals surface area contributed by atoms with Gasteiger partial charge in [-0.05, 0) is 13.8 Å². The molecule has 0 fully saturated rings. The van der Waals surface area contributed by atoms with Crippen LogP contribution in [0.3, 0.4) is 0 Å². The van der Waals surface area contributed by atoms with E-state index in [1.54, 1.807) is 13.8 Å². The molecular formula is C14H21NO6. The van der Waals surface area contributed by atoms with Gasteiger partial charge in [-0.25, -0.2) is 4.79 Å². The minimum absolute atomic E-state index is 0.188. The number of benzene rings is 1. The molecule has 0 spiro atoms. The minimum Gasteiger partial charge on any atom is -0.465 e. The van der Waals surface area contributed by atoms with Gasteiger partial charge in [-0.15, -0.1) is 0 Å². The lowest BCUT2D eigenvalue weighted by Crippen LogP contribution is -2.18. The Labute approximate surface area is 123 Å². The molecule has 0 aliphatic heterocycles. The molecule has 1 aromatic carbocycles. The van der Waals surface area contributed by atoms with Gasteiger partial charge in [0.1, 0.15) is 0 Å². The SMILES string of the molecule is COC(=O)c1cc(OC(C)OC)c(OC(C)OC)cc1N. The van der Waals surface area contributed by atoms with Crippen LogP contribution in [0, 0.1) is 0 Å². The third-order valence-electron chi connectivity index (χ3n) is 2.77. The fraction of sp³-hybridized carbons (Fsp3) is 0.500. The monoisotopic (exact) mass is 299 g/mol. The maximum absolute atomic E-state index is 11.7. The number of carbonyl (C=O) groups excluding carboxylic acids is 1. The van der Waals surface area contributed by atoms with Crippen LogP contribution in [-0.2, 0) is 14.2 Å². The van der Waals surface area contributed by atoms with E-state index >= 15 is 0 Å². The lowest BCUT2D eigenvalue weighted by Gasteiger charge is -2.20. The molecule has 1 rings (SSSR count). The second-order valence-electron chi connectivity index (χ2n) is 4.22. The minimum atomic E-state index is -0.561. The summed E-state index contributed by atoms with van der Waals surface area (Å²) in [7, 11) is 4.29. The molecule has 0 saturated carbocycles. The van der Waals surface area contributed by atoms with Crippen molar-refractivity contribution in [2.75, 3.05) is 27.1 Å². The van der Waals surface area contributed by atoms with E-state index < -0.39 is 18.5 Å². The lowest BCUT2D eigenvalue weighted by molar-refractivity contribution is -0.0553. The summed E-state index contributed by atoms with van der Waals surface area (Å²) in [5.41, 5.74) is 6.25. The van der Waals surface area contributed by atoms with Gasteiger partial charge >= 0.3 is 5.97 Å². The average Bonchev–Trinajstić information content (AvgIpc) is 2.48. The van der Waals surface area contributed by atoms with Crippen LogP contribution in [0.1, 0.15) is 24.2 Å². The lowest BCUT2D eigenvalue weighted by atomic mass is 10.1. The Bertz CT molecular complexity index is 491. The Kier molecular flexibility index (Phi) is 6.26. The summed E-state index contributed by atoms with van der Waals surface area (Å²) in [5.74, 6) is 0.0926. The predicted molar refractivity (Wildman–Crippen MR) is 76.4 cm³/mol. The maximum Gasteiger partial charge on any atom is 0.340 e. The van der Waals surface area contributed by atoms with E-state index in [-0.39, 0.29) is 11.3 Å². The zero-order chi connectivity index (χ0) is 16.0. The van der Waals surface area contributed by atoms with Crippen molar-refractivity contribution >= 4 is 11.7 Å². The highest BCUT2D eigenvalue weighted by Crippen LogP contribution is 2.34. The number of anilines is 1. The van der Waals surface area contributed by atoms with Crippen molar-refractivity contribution in [3.63, 3.8) is 0 Å². The second kappa shape index (κ2) is 7.70. The van der Waals surface area contributed by atoms with Gasteiger partial charge in [0.2, 0.25) is 0 Å². The Morgan fingerprint density at radius 1 is 1.00 bits per heavy atom. The summed E-state index contributed by atoms with van der Waals surface area (Å²) in [4.78, 5) is 11.7. The van der Waals surface area contributed by atoms with E-state index in [1.165, 1.54) is 33.5 Å². The number of carbonyl (C=O) groups is 1. The number of hydrogen-bond donors (Lipinski definition) is 1. The Morgan fingerprint density at radius 2 is 1.48 bits per heavy atom. The molecule has 0 aliphatic carbocycles. The largest absolute Gasteiger partial charge is 0.465 e. The molecule has 2 N–H and O–H groups in total. The Hall–Kier alpha value is -1.99. The van der Waals surface area contributed by atoms with Gasteiger partial charge in [0.15, 0.2) is 24.1 Å². The number of hydrogen-bond acceptors (Lipinski definition) is 7. The third-order valence-corrected chi connectivity index (χ3v) is 2.77. The molecule has 118 valence electrons. The molecule has 7 heteroatoms. The highest BCUT2D eigenvalue weighted by atomic mass is 16.7. The van der Waals surface area contributed by atoms with E-state index in [0.29, 0.717) is 11.5 Å². The Balaban J connectivity index is 3.21. The summed E-state index contributed by atoms with van der Waals surface area (Å²) in [6, 6.07) is 2.94. The first-order valence-electron chi connectivity index (χ1n) is 6.33. The van der Waals surface area contributed by atoms with Crippen LogP contribution in [0.25, 0.3) is 0 Å². The summed E-state index contributed by atoms with van der Waals surface area (Å²) >= 11 is 0. The molecular weight excluding hydrogens is 278 g/mol. The van der Waals surface area contributed by atoms with Gasteiger partial charge in [0.05, 0.1) is 18.4 Å². The maximum atomic E-state index is 11.7. The van der Waals surface area contributed by atoms with Crippen molar-refractivity contribution in [2.45, 2.75) is 26.4 Å². The van der Waals surface area contributed by atoms with Gasteiger partial charge in [-0.1, -0.05) is 0 Å². The first-order valence-corrected chi connectivity index (χ1v) is 6.33. The van der Waals surface area contributed by atoms with Gasteiger partial charge in [0.25, 0.3) is 0 Å². The normalized spacial score (nSPS) is 13.4. The number of methoxy groups -OCH3 is 3. The zero-order valence-corrected chi connectivity index (χ0v) is 12.8. The topological polar surface area (TPSA) is 89.2 Å². The zero-order valence-electron chi connectivity index (χ0n) is 12.8. The summed E-state index contributed by atoms with van der Waals surface area (Å²) in [6.45, 7) is 3.42. The number of ether oxygens (including phenoxy) is 5. The van der Waals surface area contributed by atoms with E-state index in [4.69, 9.17) is 24.7 Å². The smallest absolute Gasteiger partial charge is 0.340 e. The van der Waals surface area contributed by atoms with Gasteiger partial charge in [-0.3, -0.25) is 0 Å². The van der Waals surface area contributed by atoms with Crippen LogP contribution in [0.15, 0.2) is 12.1 Å². The molecule has 0 radical (unpaired) electrons. The summed E-state index contributed by atoms with van der Waals surface area (Å²) in [6.07, 6.45) is -1.03. The number of esters is 1. The molecule has 2 atom stereocenters. The highest BCUT2D eigenvalue weighted by Gasteiger charge is 2.19. The first-order chi connectivity index (χ1) is 9.92. The summed E-state index contributed by atoms with van der Waals surface area (Å²) < 4.78 is 25.9. The fourth-order valence-corrected chi connectivity index (χ4v) is 1.50. The van der Waals surface area contributed by atoms with Crippen LogP contribution in [0.4, 0.5) is 5.69 Å². The highest BCUT2D eigenvalue weighted by molar-refractivity contribution is 5.96. The van der Waals surface area contributed by atoms with Crippen molar-refractivity contribution < 1.29 is 28.5 Å². The van der Waals surface area contributed by atoms with Crippen LogP contribution in [-0.4, -0.2) is 39.9 Å². The molecule has 0 amide bonds. The molecule has 0 aliphatic rings. The summed E-state index contributed by atoms with van der Waals surface area (Å²) in [5, 5.41) is 0. The van der Waals surface area contributed by atoms with E-state index in [9.17, 15) is 4.79 Å². The van der Waals surface area contributed by atoms with Crippen molar-refractivity contribution in [1.82, 2.24) is 0 Å². The molecule has 0 saturated heterocycles. The Morgan fingerprint density at radius 3 is 1.90 bits per heavy atom. The molecule has 0 bridgehead atoms. The van der Waals surface area contributed by atoms with Crippen LogP contribution < -0.4 is 15.2 Å². The van der Waals surface area contributed by atoms with Gasteiger partial charge < -0.3 is 29.4 Å². The van der Waals surface area contributed by atoms with Crippen molar-refractivity contribution in [2.24, 2.45) is 0 Å².